The molecule has 0 aliphatic heterocycles. The van der Waals surface area contributed by atoms with Crippen LogP contribution < -0.4 is 24.4 Å². The molecule has 0 saturated carbocycles. The molecule has 3 aromatic carbocycles. The van der Waals surface area contributed by atoms with E-state index in [-0.39, 0.29) is 0 Å². The maximum atomic E-state index is 6.01. The number of halogens is 2. The summed E-state index contributed by atoms with van der Waals surface area (Å²) in [7, 11) is 4.85. The summed E-state index contributed by atoms with van der Waals surface area (Å²) in [5.41, 5.74) is 5.99. The molecule has 0 unspecified atom stereocenters. The second-order valence-corrected chi connectivity index (χ2v) is 8.33. The smallest absolute Gasteiger partial charge is 0.174 e. The summed E-state index contributed by atoms with van der Waals surface area (Å²) in [6.45, 7) is 0.969. The van der Waals surface area contributed by atoms with Crippen LogP contribution in [0.25, 0.3) is 0 Å². The number of hydrogen-bond donors (Lipinski definition) is 1. The van der Waals surface area contributed by atoms with Gasteiger partial charge in [-0.15, -0.1) is 0 Å². The van der Waals surface area contributed by atoms with Crippen molar-refractivity contribution in [3.8, 4) is 23.0 Å². The molecule has 0 aliphatic carbocycles. The van der Waals surface area contributed by atoms with Gasteiger partial charge in [0.1, 0.15) is 6.61 Å². The van der Waals surface area contributed by atoms with E-state index in [2.05, 4.69) is 33.1 Å². The molecule has 0 heterocycles. The zero-order valence-electron chi connectivity index (χ0n) is 18.0. The molecule has 6 nitrogen and oxygen atoms in total. The summed E-state index contributed by atoms with van der Waals surface area (Å²) in [6, 6.07) is 17.2. The molecular weight excluding hydrogens is 543 g/mol. The summed E-state index contributed by atoms with van der Waals surface area (Å²) >= 11 is 8.18. The normalized spacial score (nSPS) is 10.8. The molecule has 0 atom stereocenters. The Balaban J connectivity index is 1.63. The summed E-state index contributed by atoms with van der Waals surface area (Å²) in [5, 5.41) is 5.02. The molecule has 0 bridgehead atoms. The van der Waals surface area contributed by atoms with Crippen molar-refractivity contribution in [1.82, 2.24) is 5.43 Å². The van der Waals surface area contributed by atoms with Gasteiger partial charge >= 0.3 is 0 Å². The van der Waals surface area contributed by atoms with Crippen molar-refractivity contribution in [3.05, 3.63) is 79.9 Å². The van der Waals surface area contributed by atoms with Gasteiger partial charge in [0.25, 0.3) is 0 Å². The van der Waals surface area contributed by atoms with Gasteiger partial charge in [-0.3, -0.25) is 0 Å². The highest BCUT2D eigenvalue weighted by molar-refractivity contribution is 14.1. The van der Waals surface area contributed by atoms with Crippen molar-refractivity contribution < 1.29 is 18.9 Å². The lowest BCUT2D eigenvalue weighted by Crippen LogP contribution is -2.06. The van der Waals surface area contributed by atoms with E-state index >= 15 is 0 Å². The lowest BCUT2D eigenvalue weighted by molar-refractivity contribution is 0.282. The summed E-state index contributed by atoms with van der Waals surface area (Å²) in [4.78, 5) is 0. The number of nitrogens with one attached hydrogen (secondary N) is 1. The molecule has 0 amide bonds. The van der Waals surface area contributed by atoms with E-state index in [9.17, 15) is 0 Å². The van der Waals surface area contributed by atoms with Crippen LogP contribution >= 0.6 is 34.2 Å². The third-order valence-electron chi connectivity index (χ3n) is 4.58. The van der Waals surface area contributed by atoms with Gasteiger partial charge in [0, 0.05) is 5.02 Å². The van der Waals surface area contributed by atoms with Crippen LogP contribution in [-0.2, 0) is 13.2 Å². The Labute approximate surface area is 206 Å². The van der Waals surface area contributed by atoms with Crippen molar-refractivity contribution in [2.75, 3.05) is 21.3 Å². The Bertz CT molecular complexity index is 1070. The average Bonchev–Trinajstić information content (AvgIpc) is 2.81. The molecule has 0 aromatic heterocycles. The summed E-state index contributed by atoms with van der Waals surface area (Å²) < 4.78 is 23.1. The molecule has 0 aliphatic rings. The second kappa shape index (κ2) is 11.8. The Hall–Kier alpha value is -2.65. The van der Waals surface area contributed by atoms with Crippen molar-refractivity contribution in [3.63, 3.8) is 0 Å². The first-order chi connectivity index (χ1) is 15.5. The van der Waals surface area contributed by atoms with Gasteiger partial charge in [-0.1, -0.05) is 29.8 Å². The molecule has 32 heavy (non-hydrogen) atoms. The maximum Gasteiger partial charge on any atom is 0.174 e. The Morgan fingerprint density at radius 2 is 1.56 bits per heavy atom. The van der Waals surface area contributed by atoms with Crippen molar-refractivity contribution in [2.24, 2.45) is 5.10 Å². The van der Waals surface area contributed by atoms with E-state index < -0.39 is 0 Å². The monoisotopic (exact) mass is 566 g/mol. The molecule has 0 radical (unpaired) electrons. The molecule has 0 saturated heterocycles. The quantitative estimate of drug-likeness (QED) is 0.195. The third kappa shape index (κ3) is 6.43. The van der Waals surface area contributed by atoms with Crippen molar-refractivity contribution in [1.29, 1.82) is 0 Å². The lowest BCUT2D eigenvalue weighted by atomic mass is 10.2. The third-order valence-corrected chi connectivity index (χ3v) is 5.64. The van der Waals surface area contributed by atoms with E-state index in [4.69, 9.17) is 30.5 Å². The van der Waals surface area contributed by atoms with Gasteiger partial charge in [0.2, 0.25) is 0 Å². The van der Waals surface area contributed by atoms with Gasteiger partial charge in [0.05, 0.1) is 37.7 Å². The number of hydrazone groups is 1. The van der Waals surface area contributed by atoms with Crippen LogP contribution in [-0.4, -0.2) is 27.5 Å². The minimum atomic E-state index is 0.420. The highest BCUT2D eigenvalue weighted by Crippen LogP contribution is 2.34. The first-order valence-electron chi connectivity index (χ1n) is 9.75. The first kappa shape index (κ1) is 24.0. The molecule has 3 aromatic rings. The van der Waals surface area contributed by atoms with Gasteiger partial charge in [-0.25, -0.2) is 0 Å². The van der Waals surface area contributed by atoms with Gasteiger partial charge in [0.15, 0.2) is 23.0 Å². The van der Waals surface area contributed by atoms with Gasteiger partial charge in [-0.2, -0.15) is 5.10 Å². The molecule has 3 rings (SSSR count). The van der Waals surface area contributed by atoms with E-state index in [1.807, 2.05) is 54.6 Å². The number of nitrogens with zero attached hydrogens (tertiary/aromatic N) is 1. The Kier molecular flexibility index (Phi) is 8.87. The minimum absolute atomic E-state index is 0.420. The summed E-state index contributed by atoms with van der Waals surface area (Å²) in [6.07, 6.45) is 1.74. The standard InChI is InChI=1S/C24H24ClIN2O4/c1-29-21-9-6-17(11-22(21)30-2)13-27-28-14-18-10-20(26)24(23(12-18)31-3)32-15-16-4-7-19(25)8-5-16/h4-12,14,27H,13,15H2,1-3H3/b28-14-. The van der Waals surface area contributed by atoms with Crippen LogP contribution in [0, 0.1) is 3.57 Å². The van der Waals surface area contributed by atoms with Gasteiger partial charge < -0.3 is 24.4 Å². The average molecular weight is 567 g/mol. The molecule has 0 spiro atoms. The Morgan fingerprint density at radius 1 is 0.875 bits per heavy atom. The van der Waals surface area contributed by atoms with Crippen LogP contribution in [0.5, 0.6) is 23.0 Å². The minimum Gasteiger partial charge on any atom is -0.493 e. The predicted octanol–water partition coefficient (Wildman–Crippen LogP) is 5.67. The van der Waals surface area contributed by atoms with Crippen molar-refractivity contribution >= 4 is 40.4 Å². The highest BCUT2D eigenvalue weighted by Gasteiger charge is 2.11. The van der Waals surface area contributed by atoms with Crippen molar-refractivity contribution in [2.45, 2.75) is 13.2 Å². The second-order valence-electron chi connectivity index (χ2n) is 6.73. The number of methoxy groups -OCH3 is 3. The zero-order chi connectivity index (χ0) is 22.9. The fourth-order valence-corrected chi connectivity index (χ4v) is 3.85. The van der Waals surface area contributed by atoms with E-state index in [1.165, 1.54) is 0 Å². The number of hydrogen-bond acceptors (Lipinski definition) is 6. The molecule has 8 heteroatoms. The highest BCUT2D eigenvalue weighted by atomic mass is 127. The van der Waals surface area contributed by atoms with E-state index in [0.29, 0.717) is 41.2 Å². The SMILES string of the molecule is COc1ccc(CN/N=C\c2cc(I)c(OCc3ccc(Cl)cc3)c(OC)c2)cc1OC. The molecule has 1 N–H and O–H groups in total. The van der Waals surface area contributed by atoms with Gasteiger partial charge in [-0.05, 0) is 75.7 Å². The fourth-order valence-electron chi connectivity index (χ4n) is 2.94. The van der Waals surface area contributed by atoms with Crippen LogP contribution in [0.15, 0.2) is 59.7 Å². The number of rotatable bonds is 10. The molecule has 0 fully saturated rings. The van der Waals surface area contributed by atoms with Crippen LogP contribution in [0.2, 0.25) is 5.02 Å². The topological polar surface area (TPSA) is 61.3 Å². The number of ether oxygens (including phenoxy) is 4. The first-order valence-corrected chi connectivity index (χ1v) is 11.2. The zero-order valence-corrected chi connectivity index (χ0v) is 20.9. The Morgan fingerprint density at radius 3 is 2.25 bits per heavy atom. The van der Waals surface area contributed by atoms with Crippen LogP contribution in [0.1, 0.15) is 16.7 Å². The number of benzene rings is 3. The predicted molar refractivity (Wildman–Crippen MR) is 135 cm³/mol. The molecular formula is C24H24ClIN2O4. The van der Waals surface area contributed by atoms with E-state index in [1.54, 1.807) is 27.5 Å². The summed E-state index contributed by atoms with van der Waals surface area (Å²) in [5.74, 6) is 2.72. The molecule has 168 valence electrons. The van der Waals surface area contributed by atoms with Crippen LogP contribution in [0.4, 0.5) is 0 Å². The maximum absolute atomic E-state index is 6.01. The largest absolute Gasteiger partial charge is 0.493 e. The van der Waals surface area contributed by atoms with Crippen LogP contribution in [0.3, 0.4) is 0 Å². The van der Waals surface area contributed by atoms with E-state index in [0.717, 1.165) is 20.3 Å². The lowest BCUT2D eigenvalue weighted by Gasteiger charge is -2.13. The fraction of sp³-hybridized carbons (Fsp3) is 0.208.